The lowest BCUT2D eigenvalue weighted by Crippen LogP contribution is -2.39. The summed E-state index contributed by atoms with van der Waals surface area (Å²) in [5, 5.41) is 2.32. The summed E-state index contributed by atoms with van der Waals surface area (Å²) in [4.78, 5) is 33.0. The lowest BCUT2D eigenvalue weighted by molar-refractivity contribution is -0.134. The minimum atomic E-state index is -0.331. The molecular formula is C13H13NO4. The van der Waals surface area contributed by atoms with Crippen LogP contribution in [0.3, 0.4) is 0 Å². The van der Waals surface area contributed by atoms with E-state index in [1.165, 1.54) is 0 Å². The van der Waals surface area contributed by atoms with E-state index in [2.05, 4.69) is 5.32 Å². The molecule has 2 rings (SSSR count). The van der Waals surface area contributed by atoms with Crippen molar-refractivity contribution in [1.29, 1.82) is 0 Å². The van der Waals surface area contributed by atoms with Gasteiger partial charge in [-0.05, 0) is 24.1 Å². The first-order valence-electron chi connectivity index (χ1n) is 5.71. The van der Waals surface area contributed by atoms with Gasteiger partial charge in [0.05, 0.1) is 5.92 Å². The average molecular weight is 247 g/mol. The van der Waals surface area contributed by atoms with Crippen molar-refractivity contribution in [2.24, 2.45) is 0 Å². The van der Waals surface area contributed by atoms with Gasteiger partial charge in [0.1, 0.15) is 12.4 Å². The van der Waals surface area contributed by atoms with Crippen LogP contribution in [0.5, 0.6) is 5.75 Å². The Kier molecular flexibility index (Phi) is 3.72. The molecule has 2 amide bonds. The van der Waals surface area contributed by atoms with E-state index >= 15 is 0 Å². The summed E-state index contributed by atoms with van der Waals surface area (Å²) in [6.07, 6.45) is 1.51. The third-order valence-corrected chi connectivity index (χ3v) is 2.82. The van der Waals surface area contributed by atoms with Crippen LogP contribution in [0, 0.1) is 0 Å². The van der Waals surface area contributed by atoms with Crippen LogP contribution in [0.1, 0.15) is 24.3 Å². The van der Waals surface area contributed by atoms with Crippen LogP contribution < -0.4 is 10.1 Å². The Hall–Kier alpha value is -2.17. The highest BCUT2D eigenvalue weighted by molar-refractivity contribution is 6.00. The Bertz CT molecular complexity index is 484. The molecule has 5 nitrogen and oxygen atoms in total. The van der Waals surface area contributed by atoms with Crippen molar-refractivity contribution in [2.45, 2.75) is 18.8 Å². The summed E-state index contributed by atoms with van der Waals surface area (Å²) in [5.41, 5.74) is 0.795. The summed E-state index contributed by atoms with van der Waals surface area (Å²) in [6, 6.07) is 7.02. The predicted molar refractivity (Wildman–Crippen MR) is 63.1 cm³/mol. The zero-order valence-corrected chi connectivity index (χ0v) is 9.72. The Morgan fingerprint density at radius 2 is 2.22 bits per heavy atom. The molecule has 1 aliphatic heterocycles. The van der Waals surface area contributed by atoms with E-state index in [-0.39, 0.29) is 24.3 Å². The monoisotopic (exact) mass is 247 g/mol. The van der Waals surface area contributed by atoms with Gasteiger partial charge in [0.25, 0.3) is 0 Å². The van der Waals surface area contributed by atoms with E-state index < -0.39 is 0 Å². The Labute approximate surface area is 104 Å². The first kappa shape index (κ1) is 12.3. The zero-order chi connectivity index (χ0) is 13.0. The van der Waals surface area contributed by atoms with Gasteiger partial charge < -0.3 is 4.74 Å². The van der Waals surface area contributed by atoms with E-state index in [4.69, 9.17) is 4.74 Å². The minimum absolute atomic E-state index is 0.0151. The van der Waals surface area contributed by atoms with Crippen molar-refractivity contribution in [3.63, 3.8) is 0 Å². The van der Waals surface area contributed by atoms with Crippen molar-refractivity contribution < 1.29 is 19.1 Å². The fourth-order valence-electron chi connectivity index (χ4n) is 1.96. The van der Waals surface area contributed by atoms with Crippen molar-refractivity contribution in [3.05, 3.63) is 29.8 Å². The highest BCUT2D eigenvalue weighted by atomic mass is 16.5. The number of carbonyl (C=O) groups is 3. The molecule has 1 aromatic carbocycles. The maximum absolute atomic E-state index is 11.7. The molecule has 1 atom stereocenters. The molecule has 1 fully saturated rings. The van der Waals surface area contributed by atoms with Gasteiger partial charge in [-0.2, -0.15) is 0 Å². The van der Waals surface area contributed by atoms with Crippen LogP contribution in [0.4, 0.5) is 0 Å². The minimum Gasteiger partial charge on any atom is -0.486 e. The van der Waals surface area contributed by atoms with Crippen molar-refractivity contribution in [2.75, 3.05) is 6.61 Å². The highest BCUT2D eigenvalue weighted by Gasteiger charge is 2.27. The van der Waals surface area contributed by atoms with Gasteiger partial charge in [-0.3, -0.25) is 19.7 Å². The van der Waals surface area contributed by atoms with E-state index in [1.54, 1.807) is 18.2 Å². The maximum atomic E-state index is 11.7. The SMILES string of the molecule is O=CCOc1cccc(C2CCC(=O)NC2=O)c1. The molecule has 0 radical (unpaired) electrons. The Morgan fingerprint density at radius 3 is 2.94 bits per heavy atom. The first-order chi connectivity index (χ1) is 8.70. The standard InChI is InChI=1S/C13H13NO4/c15-6-7-18-10-3-1-2-9(8-10)11-4-5-12(16)14-13(11)17/h1-3,6,8,11H,4-5,7H2,(H,14,16,17). The molecule has 5 heteroatoms. The smallest absolute Gasteiger partial charge is 0.234 e. The number of hydrogen-bond acceptors (Lipinski definition) is 4. The van der Waals surface area contributed by atoms with Gasteiger partial charge >= 0.3 is 0 Å². The zero-order valence-electron chi connectivity index (χ0n) is 9.72. The topological polar surface area (TPSA) is 72.5 Å². The lowest BCUT2D eigenvalue weighted by atomic mass is 9.90. The fourth-order valence-corrected chi connectivity index (χ4v) is 1.96. The number of amides is 2. The lowest BCUT2D eigenvalue weighted by Gasteiger charge is -2.21. The number of rotatable bonds is 4. The molecule has 1 aliphatic rings. The van der Waals surface area contributed by atoms with Crippen LogP contribution in [0.25, 0.3) is 0 Å². The predicted octanol–water partition coefficient (Wildman–Crippen LogP) is 0.784. The quantitative estimate of drug-likeness (QED) is 0.630. The maximum Gasteiger partial charge on any atom is 0.234 e. The first-order valence-corrected chi connectivity index (χ1v) is 5.71. The largest absolute Gasteiger partial charge is 0.486 e. The fraction of sp³-hybridized carbons (Fsp3) is 0.308. The van der Waals surface area contributed by atoms with Gasteiger partial charge in [-0.25, -0.2) is 0 Å². The van der Waals surface area contributed by atoms with Crippen molar-refractivity contribution in [3.8, 4) is 5.75 Å². The molecule has 0 spiro atoms. The Morgan fingerprint density at radius 1 is 1.39 bits per heavy atom. The molecule has 18 heavy (non-hydrogen) atoms. The summed E-state index contributed by atoms with van der Waals surface area (Å²) in [5.74, 6) is -0.296. The van der Waals surface area contributed by atoms with E-state index in [0.717, 1.165) is 5.56 Å². The van der Waals surface area contributed by atoms with Gasteiger partial charge in [-0.15, -0.1) is 0 Å². The second kappa shape index (κ2) is 5.44. The number of aldehydes is 1. The van der Waals surface area contributed by atoms with Crippen LogP contribution in [0.2, 0.25) is 0 Å². The molecule has 1 N–H and O–H groups in total. The normalized spacial score (nSPS) is 19.2. The third kappa shape index (κ3) is 2.74. The molecule has 1 aromatic rings. The van der Waals surface area contributed by atoms with Gasteiger partial charge in [0.15, 0.2) is 6.29 Å². The average Bonchev–Trinajstić information content (AvgIpc) is 2.36. The van der Waals surface area contributed by atoms with Crippen LogP contribution in [0.15, 0.2) is 24.3 Å². The number of hydrogen-bond donors (Lipinski definition) is 1. The summed E-state index contributed by atoms with van der Waals surface area (Å²) < 4.78 is 5.18. The molecule has 1 heterocycles. The number of carbonyl (C=O) groups excluding carboxylic acids is 3. The van der Waals surface area contributed by atoms with Crippen LogP contribution in [-0.2, 0) is 14.4 Å². The molecular weight excluding hydrogens is 234 g/mol. The number of ether oxygens (including phenoxy) is 1. The molecule has 0 aromatic heterocycles. The van der Waals surface area contributed by atoms with Gasteiger partial charge in [-0.1, -0.05) is 12.1 Å². The second-order valence-corrected chi connectivity index (χ2v) is 4.05. The molecule has 1 unspecified atom stereocenters. The van der Waals surface area contributed by atoms with E-state index in [0.29, 0.717) is 24.9 Å². The summed E-state index contributed by atoms with van der Waals surface area (Å²) >= 11 is 0. The number of piperidine rings is 1. The second-order valence-electron chi connectivity index (χ2n) is 4.05. The highest BCUT2D eigenvalue weighted by Crippen LogP contribution is 2.27. The van der Waals surface area contributed by atoms with Crippen molar-refractivity contribution in [1.82, 2.24) is 5.32 Å². The number of nitrogens with one attached hydrogen (secondary N) is 1. The number of benzene rings is 1. The molecule has 94 valence electrons. The number of imide groups is 1. The summed E-state index contributed by atoms with van der Waals surface area (Å²) in [7, 11) is 0. The van der Waals surface area contributed by atoms with E-state index in [9.17, 15) is 14.4 Å². The van der Waals surface area contributed by atoms with Crippen LogP contribution in [-0.4, -0.2) is 24.7 Å². The summed E-state index contributed by atoms with van der Waals surface area (Å²) in [6.45, 7) is -0.0151. The van der Waals surface area contributed by atoms with Crippen molar-refractivity contribution >= 4 is 18.1 Å². The van der Waals surface area contributed by atoms with E-state index in [1.807, 2.05) is 6.07 Å². The third-order valence-electron chi connectivity index (χ3n) is 2.82. The van der Waals surface area contributed by atoms with Gasteiger partial charge in [0, 0.05) is 6.42 Å². The van der Waals surface area contributed by atoms with Crippen LogP contribution >= 0.6 is 0 Å². The molecule has 0 bridgehead atoms. The molecule has 1 saturated heterocycles. The van der Waals surface area contributed by atoms with Gasteiger partial charge in [0.2, 0.25) is 11.8 Å². The molecule has 0 saturated carbocycles. The Balaban J connectivity index is 2.14. The molecule has 0 aliphatic carbocycles.